The van der Waals surface area contributed by atoms with Crippen molar-refractivity contribution in [3.05, 3.63) is 35.6 Å². The van der Waals surface area contributed by atoms with E-state index in [1.165, 1.54) is 0 Å². The fraction of sp³-hybridized carbons (Fsp3) is 0.625. The van der Waals surface area contributed by atoms with Crippen molar-refractivity contribution in [3.8, 4) is 0 Å². The molecule has 18 heavy (non-hydrogen) atoms. The molecule has 0 aliphatic heterocycles. The summed E-state index contributed by atoms with van der Waals surface area (Å²) in [5, 5.41) is 3.44. The number of rotatable bonds is 7. The van der Waals surface area contributed by atoms with Crippen molar-refractivity contribution >= 4 is 0 Å². The summed E-state index contributed by atoms with van der Waals surface area (Å²) < 4.78 is 13.9. The number of hydrogen-bond donors (Lipinski definition) is 1. The van der Waals surface area contributed by atoms with Gasteiger partial charge in [-0.25, -0.2) is 4.39 Å². The first-order valence-corrected chi connectivity index (χ1v) is 7.04. The summed E-state index contributed by atoms with van der Waals surface area (Å²) in [4.78, 5) is 0. The van der Waals surface area contributed by atoms with E-state index in [4.69, 9.17) is 0 Å². The topological polar surface area (TPSA) is 12.0 Å². The summed E-state index contributed by atoms with van der Waals surface area (Å²) in [6.07, 6.45) is 2.28. The van der Waals surface area contributed by atoms with Gasteiger partial charge in [-0.2, -0.15) is 0 Å². The molecule has 0 saturated carbocycles. The number of benzene rings is 1. The van der Waals surface area contributed by atoms with Gasteiger partial charge in [-0.3, -0.25) is 0 Å². The number of hydrogen-bond acceptors (Lipinski definition) is 1. The average molecular weight is 251 g/mol. The van der Waals surface area contributed by atoms with E-state index < -0.39 is 0 Å². The molecule has 102 valence electrons. The average Bonchev–Trinajstić information content (AvgIpc) is 2.31. The molecule has 1 nitrogen and oxygen atoms in total. The lowest BCUT2D eigenvalue weighted by Crippen LogP contribution is -2.31. The Morgan fingerprint density at radius 1 is 1.17 bits per heavy atom. The van der Waals surface area contributed by atoms with E-state index in [9.17, 15) is 4.39 Å². The van der Waals surface area contributed by atoms with Crippen LogP contribution >= 0.6 is 0 Å². The van der Waals surface area contributed by atoms with E-state index in [-0.39, 0.29) is 11.7 Å². The van der Waals surface area contributed by atoms with Gasteiger partial charge in [-0.15, -0.1) is 0 Å². The van der Waals surface area contributed by atoms with Crippen molar-refractivity contribution < 1.29 is 4.39 Å². The molecule has 0 fully saturated rings. The van der Waals surface area contributed by atoms with Crippen LogP contribution in [0.4, 0.5) is 4.39 Å². The lowest BCUT2D eigenvalue weighted by Gasteiger charge is -2.26. The first-order valence-electron chi connectivity index (χ1n) is 7.04. The van der Waals surface area contributed by atoms with E-state index in [0.717, 1.165) is 24.9 Å². The summed E-state index contributed by atoms with van der Waals surface area (Å²) in [7, 11) is 0. The van der Waals surface area contributed by atoms with Crippen molar-refractivity contribution in [1.29, 1.82) is 0 Å². The zero-order valence-corrected chi connectivity index (χ0v) is 12.0. The van der Waals surface area contributed by atoms with Gasteiger partial charge in [0.1, 0.15) is 5.82 Å². The molecular formula is C16H26FN. The van der Waals surface area contributed by atoms with Crippen molar-refractivity contribution in [3.63, 3.8) is 0 Å². The molecule has 0 aliphatic rings. The molecule has 2 atom stereocenters. The highest BCUT2D eigenvalue weighted by Gasteiger charge is 2.21. The van der Waals surface area contributed by atoms with Gasteiger partial charge in [-0.05, 0) is 17.5 Å². The smallest absolute Gasteiger partial charge is 0.126 e. The van der Waals surface area contributed by atoms with Crippen LogP contribution in [0.25, 0.3) is 0 Å². The van der Waals surface area contributed by atoms with E-state index in [0.29, 0.717) is 12.0 Å². The zero-order chi connectivity index (χ0) is 13.5. The third kappa shape index (κ3) is 4.41. The van der Waals surface area contributed by atoms with Gasteiger partial charge < -0.3 is 5.32 Å². The standard InChI is InChI=1S/C16H26FN/c1-5-8-13(4)15(11-18-12(2)3)14-9-6-7-10-16(14)17/h6-7,9-10,12-13,15,18H,5,8,11H2,1-4H3. The van der Waals surface area contributed by atoms with E-state index >= 15 is 0 Å². The Labute approximate surface area is 111 Å². The molecule has 2 unspecified atom stereocenters. The molecule has 0 heterocycles. The van der Waals surface area contributed by atoms with Crippen molar-refractivity contribution in [2.75, 3.05) is 6.54 Å². The molecule has 0 amide bonds. The van der Waals surface area contributed by atoms with Crippen LogP contribution in [-0.2, 0) is 0 Å². The van der Waals surface area contributed by atoms with Crippen LogP contribution in [0.2, 0.25) is 0 Å². The molecule has 1 aromatic carbocycles. The van der Waals surface area contributed by atoms with Crippen LogP contribution < -0.4 is 5.32 Å². The minimum absolute atomic E-state index is 0.0731. The summed E-state index contributed by atoms with van der Waals surface area (Å²) >= 11 is 0. The molecule has 2 heteroatoms. The van der Waals surface area contributed by atoms with Gasteiger partial charge >= 0.3 is 0 Å². The molecular weight excluding hydrogens is 225 g/mol. The summed E-state index contributed by atoms with van der Waals surface area (Å²) in [6, 6.07) is 7.62. The molecule has 0 aliphatic carbocycles. The largest absolute Gasteiger partial charge is 0.314 e. The van der Waals surface area contributed by atoms with Crippen molar-refractivity contribution in [1.82, 2.24) is 5.32 Å². The van der Waals surface area contributed by atoms with Crippen LogP contribution in [0.15, 0.2) is 24.3 Å². The van der Waals surface area contributed by atoms with Gasteiger partial charge in [-0.1, -0.05) is 58.7 Å². The molecule has 0 aromatic heterocycles. The van der Waals surface area contributed by atoms with E-state index in [2.05, 4.69) is 33.0 Å². The molecule has 1 N–H and O–H groups in total. The monoisotopic (exact) mass is 251 g/mol. The lowest BCUT2D eigenvalue weighted by molar-refractivity contribution is 0.382. The Morgan fingerprint density at radius 2 is 1.83 bits per heavy atom. The van der Waals surface area contributed by atoms with Gasteiger partial charge in [0.05, 0.1) is 0 Å². The van der Waals surface area contributed by atoms with Crippen LogP contribution in [0.5, 0.6) is 0 Å². The Kier molecular flexibility index (Phi) is 6.34. The number of nitrogens with one attached hydrogen (secondary N) is 1. The highest BCUT2D eigenvalue weighted by Crippen LogP contribution is 2.29. The Hall–Kier alpha value is -0.890. The Morgan fingerprint density at radius 3 is 2.39 bits per heavy atom. The second kappa shape index (κ2) is 7.52. The Bertz CT molecular complexity index is 349. The maximum absolute atomic E-state index is 13.9. The minimum atomic E-state index is -0.0731. The van der Waals surface area contributed by atoms with Crippen LogP contribution in [0, 0.1) is 11.7 Å². The van der Waals surface area contributed by atoms with Crippen LogP contribution in [-0.4, -0.2) is 12.6 Å². The third-order valence-electron chi connectivity index (χ3n) is 3.48. The van der Waals surface area contributed by atoms with E-state index in [1.54, 1.807) is 12.1 Å². The fourth-order valence-corrected chi connectivity index (χ4v) is 2.41. The highest BCUT2D eigenvalue weighted by atomic mass is 19.1. The SMILES string of the molecule is CCCC(C)C(CNC(C)C)c1ccccc1F. The second-order valence-electron chi connectivity index (χ2n) is 5.46. The van der Waals surface area contributed by atoms with Crippen LogP contribution in [0.1, 0.15) is 52.0 Å². The molecule has 1 aromatic rings. The third-order valence-corrected chi connectivity index (χ3v) is 3.48. The van der Waals surface area contributed by atoms with Gasteiger partial charge in [0.2, 0.25) is 0 Å². The van der Waals surface area contributed by atoms with E-state index in [1.807, 2.05) is 12.1 Å². The minimum Gasteiger partial charge on any atom is -0.314 e. The van der Waals surface area contributed by atoms with Gasteiger partial charge in [0.15, 0.2) is 0 Å². The maximum Gasteiger partial charge on any atom is 0.126 e. The highest BCUT2D eigenvalue weighted by molar-refractivity contribution is 5.22. The maximum atomic E-state index is 13.9. The molecule has 1 rings (SSSR count). The summed E-state index contributed by atoms with van der Waals surface area (Å²) in [5.74, 6) is 0.683. The number of halogens is 1. The summed E-state index contributed by atoms with van der Waals surface area (Å²) in [5.41, 5.74) is 0.853. The van der Waals surface area contributed by atoms with Gasteiger partial charge in [0, 0.05) is 18.5 Å². The quantitative estimate of drug-likeness (QED) is 0.760. The molecule has 0 spiro atoms. The first kappa shape index (κ1) is 15.2. The predicted octanol–water partition coefficient (Wildman–Crippen LogP) is 4.34. The molecule has 0 radical (unpaired) electrons. The van der Waals surface area contributed by atoms with Crippen molar-refractivity contribution in [2.45, 2.75) is 52.5 Å². The predicted molar refractivity (Wildman–Crippen MR) is 76.4 cm³/mol. The Balaban J connectivity index is 2.86. The van der Waals surface area contributed by atoms with Gasteiger partial charge in [0.25, 0.3) is 0 Å². The molecule has 0 bridgehead atoms. The summed E-state index contributed by atoms with van der Waals surface area (Å²) in [6.45, 7) is 9.51. The normalized spacial score (nSPS) is 14.8. The lowest BCUT2D eigenvalue weighted by atomic mass is 9.84. The first-order chi connectivity index (χ1) is 8.56. The second-order valence-corrected chi connectivity index (χ2v) is 5.46. The zero-order valence-electron chi connectivity index (χ0n) is 12.0. The van der Waals surface area contributed by atoms with Crippen LogP contribution in [0.3, 0.4) is 0 Å². The fourth-order valence-electron chi connectivity index (χ4n) is 2.41. The molecule has 0 saturated heterocycles. The van der Waals surface area contributed by atoms with Crippen molar-refractivity contribution in [2.24, 2.45) is 5.92 Å².